The third-order valence-electron chi connectivity index (χ3n) is 1.12. The summed E-state index contributed by atoms with van der Waals surface area (Å²) in [6, 6.07) is 0. The fraction of sp³-hybridized carbons (Fsp3) is 0.0833. The van der Waals surface area contributed by atoms with Gasteiger partial charge in [-0.15, -0.1) is 0 Å². The van der Waals surface area contributed by atoms with Crippen LogP contribution in [0.1, 0.15) is 6.92 Å². The number of hydrogen-bond donors (Lipinski definition) is 0. The maximum atomic E-state index is 3.99. The summed E-state index contributed by atoms with van der Waals surface area (Å²) in [6.07, 6.45) is 18.5. The van der Waals surface area contributed by atoms with Crippen molar-refractivity contribution in [2.24, 2.45) is 4.99 Å². The zero-order valence-corrected chi connectivity index (χ0v) is 7.93. The molecular formula is C12H15N. The van der Waals surface area contributed by atoms with Gasteiger partial charge in [0.05, 0.1) is 0 Å². The molecule has 0 aromatic rings. The van der Waals surface area contributed by atoms with Crippen molar-refractivity contribution in [2.45, 2.75) is 6.92 Å². The lowest BCUT2D eigenvalue weighted by atomic mass is 10.4. The Kier molecular flexibility index (Phi) is 9.07. The highest BCUT2D eigenvalue weighted by atomic mass is 14.6. The lowest BCUT2D eigenvalue weighted by Gasteiger charge is -1.73. The molecule has 0 spiro atoms. The van der Waals surface area contributed by atoms with Crippen molar-refractivity contribution >= 4 is 6.21 Å². The van der Waals surface area contributed by atoms with E-state index in [1.807, 2.05) is 49.5 Å². The number of allylic oxidation sites excluding steroid dienone is 8. The lowest BCUT2D eigenvalue weighted by molar-refractivity contribution is 1.59. The van der Waals surface area contributed by atoms with Crippen molar-refractivity contribution in [3.63, 3.8) is 0 Å². The molecule has 0 unspecified atom stereocenters. The number of hydrogen-bond acceptors (Lipinski definition) is 1. The van der Waals surface area contributed by atoms with Crippen LogP contribution >= 0.6 is 0 Å². The number of aliphatic imine (C=N–C) groups is 1. The van der Waals surface area contributed by atoms with Gasteiger partial charge < -0.3 is 0 Å². The Hall–Kier alpha value is -1.63. The third kappa shape index (κ3) is 10.4. The zero-order valence-electron chi connectivity index (χ0n) is 7.93. The van der Waals surface area contributed by atoms with Crippen molar-refractivity contribution in [1.82, 2.24) is 0 Å². The van der Waals surface area contributed by atoms with Gasteiger partial charge in [0.15, 0.2) is 0 Å². The predicted molar refractivity (Wildman–Crippen MR) is 60.9 cm³/mol. The van der Waals surface area contributed by atoms with E-state index >= 15 is 0 Å². The number of nitrogens with zero attached hydrogens (tertiary/aromatic N) is 1. The summed E-state index contributed by atoms with van der Waals surface area (Å²) in [5.74, 6) is 0. The molecule has 1 heteroatoms. The molecular weight excluding hydrogens is 158 g/mol. The largest absolute Gasteiger partial charge is 0.265 e. The van der Waals surface area contributed by atoms with Gasteiger partial charge in [0, 0.05) is 12.4 Å². The van der Waals surface area contributed by atoms with Gasteiger partial charge in [-0.3, -0.25) is 4.99 Å². The average molecular weight is 173 g/mol. The Balaban J connectivity index is 3.68. The van der Waals surface area contributed by atoms with Crippen LogP contribution in [-0.2, 0) is 0 Å². The zero-order chi connectivity index (χ0) is 9.78. The fourth-order valence-corrected chi connectivity index (χ4v) is 0.566. The molecule has 0 aliphatic heterocycles. The quantitative estimate of drug-likeness (QED) is 0.446. The molecule has 0 heterocycles. The fourth-order valence-electron chi connectivity index (χ4n) is 0.566. The van der Waals surface area contributed by atoms with Gasteiger partial charge in [0.2, 0.25) is 0 Å². The molecule has 0 saturated heterocycles. The number of rotatable bonds is 5. The molecule has 0 atom stereocenters. The van der Waals surface area contributed by atoms with Gasteiger partial charge in [-0.1, -0.05) is 43.0 Å². The molecule has 0 rings (SSSR count). The Labute approximate surface area is 80.2 Å². The van der Waals surface area contributed by atoms with Gasteiger partial charge in [-0.25, -0.2) is 0 Å². The maximum Gasteiger partial charge on any atom is 0.0267 e. The SMILES string of the molecule is C=C/C=C/C=N/C=C\C=C/C=C/C. The highest BCUT2D eigenvalue weighted by molar-refractivity contribution is 5.71. The van der Waals surface area contributed by atoms with Crippen molar-refractivity contribution in [3.8, 4) is 0 Å². The molecule has 0 saturated carbocycles. The third-order valence-corrected chi connectivity index (χ3v) is 1.12. The predicted octanol–water partition coefficient (Wildman–Crippen LogP) is 3.45. The van der Waals surface area contributed by atoms with Crippen LogP contribution in [-0.4, -0.2) is 6.21 Å². The minimum atomic E-state index is 1.71. The van der Waals surface area contributed by atoms with E-state index in [9.17, 15) is 0 Å². The van der Waals surface area contributed by atoms with E-state index in [4.69, 9.17) is 0 Å². The summed E-state index contributed by atoms with van der Waals surface area (Å²) < 4.78 is 0. The van der Waals surface area contributed by atoms with Crippen LogP contribution in [0.2, 0.25) is 0 Å². The topological polar surface area (TPSA) is 12.4 Å². The molecule has 13 heavy (non-hydrogen) atoms. The van der Waals surface area contributed by atoms with Gasteiger partial charge in [0.25, 0.3) is 0 Å². The van der Waals surface area contributed by atoms with Crippen molar-refractivity contribution in [3.05, 3.63) is 61.4 Å². The van der Waals surface area contributed by atoms with Crippen LogP contribution in [0.5, 0.6) is 0 Å². The lowest BCUT2D eigenvalue weighted by Crippen LogP contribution is -1.59. The Morgan fingerprint density at radius 3 is 2.38 bits per heavy atom. The Morgan fingerprint density at radius 2 is 1.69 bits per heavy atom. The van der Waals surface area contributed by atoms with Gasteiger partial charge in [-0.2, -0.15) is 0 Å². The second-order valence-electron chi connectivity index (χ2n) is 2.17. The highest BCUT2D eigenvalue weighted by Gasteiger charge is 1.61. The molecule has 0 aliphatic rings. The normalized spacial score (nSPS) is 13.3. The standard InChI is InChI=1S/C12H15N/c1-3-5-7-8-10-12-13-11-9-6-4-2/h3-12H,2H2,1H3/b5-3+,8-7-,9-6+,12-10-,13-11+. The molecule has 0 amide bonds. The minimum Gasteiger partial charge on any atom is -0.265 e. The van der Waals surface area contributed by atoms with E-state index in [0.29, 0.717) is 0 Å². The van der Waals surface area contributed by atoms with Crippen LogP contribution in [0.4, 0.5) is 0 Å². The molecule has 1 nitrogen and oxygen atoms in total. The average Bonchev–Trinajstić information content (AvgIpc) is 2.16. The smallest absolute Gasteiger partial charge is 0.0267 e. The van der Waals surface area contributed by atoms with Crippen molar-refractivity contribution < 1.29 is 0 Å². The van der Waals surface area contributed by atoms with Crippen molar-refractivity contribution in [1.29, 1.82) is 0 Å². The molecule has 0 bridgehead atoms. The van der Waals surface area contributed by atoms with Crippen LogP contribution < -0.4 is 0 Å². The van der Waals surface area contributed by atoms with Gasteiger partial charge in [-0.05, 0) is 19.1 Å². The van der Waals surface area contributed by atoms with E-state index in [2.05, 4.69) is 11.6 Å². The molecule has 0 aromatic heterocycles. The first-order valence-corrected chi connectivity index (χ1v) is 4.17. The molecule has 0 aliphatic carbocycles. The van der Waals surface area contributed by atoms with E-state index in [1.165, 1.54) is 0 Å². The summed E-state index contributed by atoms with van der Waals surface area (Å²) in [4.78, 5) is 3.99. The van der Waals surface area contributed by atoms with Gasteiger partial charge >= 0.3 is 0 Å². The molecule has 0 radical (unpaired) electrons. The summed E-state index contributed by atoms with van der Waals surface area (Å²) in [5.41, 5.74) is 0. The second-order valence-corrected chi connectivity index (χ2v) is 2.17. The summed E-state index contributed by atoms with van der Waals surface area (Å²) >= 11 is 0. The Morgan fingerprint density at radius 1 is 0.923 bits per heavy atom. The summed E-state index contributed by atoms with van der Waals surface area (Å²) in [7, 11) is 0. The van der Waals surface area contributed by atoms with Crippen LogP contribution in [0.25, 0.3) is 0 Å². The van der Waals surface area contributed by atoms with Crippen molar-refractivity contribution in [2.75, 3.05) is 0 Å². The summed E-state index contributed by atoms with van der Waals surface area (Å²) in [5, 5.41) is 0. The molecule has 0 fully saturated rings. The first kappa shape index (κ1) is 11.4. The van der Waals surface area contributed by atoms with Crippen LogP contribution in [0.3, 0.4) is 0 Å². The van der Waals surface area contributed by atoms with Gasteiger partial charge in [0.1, 0.15) is 0 Å². The van der Waals surface area contributed by atoms with E-state index < -0.39 is 0 Å². The van der Waals surface area contributed by atoms with E-state index in [1.54, 1.807) is 18.5 Å². The molecule has 0 N–H and O–H groups in total. The monoisotopic (exact) mass is 173 g/mol. The minimum absolute atomic E-state index is 1.71. The van der Waals surface area contributed by atoms with Crippen LogP contribution in [0, 0.1) is 0 Å². The first-order valence-electron chi connectivity index (χ1n) is 4.17. The summed E-state index contributed by atoms with van der Waals surface area (Å²) in [6.45, 7) is 5.52. The first-order chi connectivity index (χ1) is 6.41. The maximum absolute atomic E-state index is 3.99. The second kappa shape index (κ2) is 10.4. The van der Waals surface area contributed by atoms with E-state index in [0.717, 1.165) is 0 Å². The Bertz CT molecular complexity index is 252. The van der Waals surface area contributed by atoms with E-state index in [-0.39, 0.29) is 0 Å². The molecule has 0 aromatic carbocycles. The highest BCUT2D eigenvalue weighted by Crippen LogP contribution is 1.80. The van der Waals surface area contributed by atoms with Crippen LogP contribution in [0.15, 0.2) is 66.4 Å². The molecule has 68 valence electrons.